The minimum Gasteiger partial charge on any atom is -0.372 e. The molecule has 0 heterocycles. The molecule has 0 rings (SSSR count). The Balaban J connectivity index is 3.30. The summed E-state index contributed by atoms with van der Waals surface area (Å²) in [5, 5.41) is 2.75. The first-order valence-electron chi connectivity index (χ1n) is 4.75. The molecule has 1 atom stereocenters. The first-order chi connectivity index (χ1) is 6.20. The fraction of sp³-hybridized carbons (Fsp3) is 0.889. The summed E-state index contributed by atoms with van der Waals surface area (Å²) in [6.45, 7) is 6.02. The number of carbonyl (C=O) groups excluding carboxylic acids is 1. The smallest absolute Gasteiger partial charge is 0.246 e. The Labute approximate surface area is 79.8 Å². The molecule has 0 aromatic heterocycles. The fourth-order valence-corrected chi connectivity index (χ4v) is 0.732. The van der Waals surface area contributed by atoms with Crippen molar-refractivity contribution < 1.29 is 9.53 Å². The number of amides is 1. The van der Waals surface area contributed by atoms with Crippen molar-refractivity contribution in [2.45, 2.75) is 20.3 Å². The maximum absolute atomic E-state index is 11.1. The van der Waals surface area contributed by atoms with Crippen LogP contribution in [0.2, 0.25) is 0 Å². The molecule has 3 N–H and O–H groups in total. The lowest BCUT2D eigenvalue weighted by molar-refractivity contribution is -0.125. The number of ether oxygens (including phenoxy) is 1. The second kappa shape index (κ2) is 8.01. The van der Waals surface area contributed by atoms with Crippen molar-refractivity contribution in [3.63, 3.8) is 0 Å². The van der Waals surface area contributed by atoms with Gasteiger partial charge in [-0.05, 0) is 18.9 Å². The summed E-state index contributed by atoms with van der Waals surface area (Å²) >= 11 is 0. The summed E-state index contributed by atoms with van der Waals surface area (Å²) in [5.74, 6) is 0.267. The summed E-state index contributed by atoms with van der Waals surface area (Å²) in [6, 6.07) is 0. The first-order valence-corrected chi connectivity index (χ1v) is 4.75. The van der Waals surface area contributed by atoms with Crippen LogP contribution in [0.3, 0.4) is 0 Å². The van der Waals surface area contributed by atoms with Crippen LogP contribution in [0.15, 0.2) is 0 Å². The Morgan fingerprint density at radius 1 is 1.62 bits per heavy atom. The topological polar surface area (TPSA) is 64.3 Å². The van der Waals surface area contributed by atoms with E-state index in [2.05, 4.69) is 5.32 Å². The molecule has 0 saturated carbocycles. The van der Waals surface area contributed by atoms with Gasteiger partial charge in [0.25, 0.3) is 0 Å². The van der Waals surface area contributed by atoms with E-state index in [1.807, 2.05) is 13.8 Å². The van der Waals surface area contributed by atoms with Crippen LogP contribution in [-0.2, 0) is 9.53 Å². The van der Waals surface area contributed by atoms with E-state index in [0.29, 0.717) is 25.6 Å². The average molecular weight is 188 g/mol. The number of nitrogens with two attached hydrogens (primary N) is 1. The molecule has 78 valence electrons. The molecule has 13 heavy (non-hydrogen) atoms. The van der Waals surface area contributed by atoms with E-state index in [4.69, 9.17) is 10.5 Å². The molecule has 4 nitrogen and oxygen atoms in total. The molecule has 0 saturated heterocycles. The third-order valence-electron chi connectivity index (χ3n) is 1.63. The predicted octanol–water partition coefficient (Wildman–Crippen LogP) is 0.124. The van der Waals surface area contributed by atoms with E-state index < -0.39 is 0 Å². The van der Waals surface area contributed by atoms with Gasteiger partial charge >= 0.3 is 0 Å². The van der Waals surface area contributed by atoms with Crippen molar-refractivity contribution in [3.05, 3.63) is 0 Å². The Morgan fingerprint density at radius 3 is 2.85 bits per heavy atom. The Kier molecular flexibility index (Phi) is 7.63. The minimum absolute atomic E-state index is 0.0613. The van der Waals surface area contributed by atoms with Gasteiger partial charge in [-0.2, -0.15) is 0 Å². The average Bonchev–Trinajstić information content (AvgIpc) is 2.14. The first kappa shape index (κ1) is 12.4. The summed E-state index contributed by atoms with van der Waals surface area (Å²) in [7, 11) is 0. The van der Waals surface area contributed by atoms with Gasteiger partial charge in [-0.3, -0.25) is 4.79 Å². The van der Waals surface area contributed by atoms with Crippen LogP contribution in [-0.4, -0.2) is 32.2 Å². The second-order valence-electron chi connectivity index (χ2n) is 3.20. The zero-order valence-corrected chi connectivity index (χ0v) is 8.51. The molecule has 4 heteroatoms. The highest BCUT2D eigenvalue weighted by molar-refractivity contribution is 5.77. The molecule has 0 aromatic carbocycles. The van der Waals surface area contributed by atoms with E-state index in [9.17, 15) is 4.79 Å². The molecule has 0 aliphatic carbocycles. The highest BCUT2D eigenvalue weighted by atomic mass is 16.5. The maximum atomic E-state index is 11.1. The molecule has 0 fully saturated rings. The van der Waals surface area contributed by atoms with E-state index in [-0.39, 0.29) is 12.5 Å². The van der Waals surface area contributed by atoms with Gasteiger partial charge in [-0.15, -0.1) is 0 Å². The number of carbonyl (C=O) groups is 1. The summed E-state index contributed by atoms with van der Waals surface area (Å²) in [5.41, 5.74) is 5.40. The van der Waals surface area contributed by atoms with Gasteiger partial charge < -0.3 is 15.8 Å². The van der Waals surface area contributed by atoms with Crippen LogP contribution in [0.4, 0.5) is 0 Å². The quantitative estimate of drug-likeness (QED) is 0.558. The van der Waals surface area contributed by atoms with Crippen molar-refractivity contribution in [2.75, 3.05) is 26.3 Å². The lowest BCUT2D eigenvalue weighted by Gasteiger charge is -2.09. The van der Waals surface area contributed by atoms with Gasteiger partial charge in [0.2, 0.25) is 5.91 Å². The highest BCUT2D eigenvalue weighted by Crippen LogP contribution is 1.87. The Bertz CT molecular complexity index is 140. The van der Waals surface area contributed by atoms with Gasteiger partial charge in [0.05, 0.1) is 0 Å². The fourth-order valence-electron chi connectivity index (χ4n) is 0.732. The molecule has 0 bridgehead atoms. The molecule has 1 amide bonds. The second-order valence-corrected chi connectivity index (χ2v) is 3.20. The van der Waals surface area contributed by atoms with Crippen molar-refractivity contribution in [1.29, 1.82) is 0 Å². The van der Waals surface area contributed by atoms with Crippen molar-refractivity contribution in [3.8, 4) is 0 Å². The van der Waals surface area contributed by atoms with Crippen LogP contribution in [0, 0.1) is 5.92 Å². The normalized spacial score (nSPS) is 12.5. The molecule has 0 radical (unpaired) electrons. The summed E-state index contributed by atoms with van der Waals surface area (Å²) in [4.78, 5) is 11.1. The third kappa shape index (κ3) is 7.74. The van der Waals surface area contributed by atoms with Crippen LogP contribution >= 0.6 is 0 Å². The lowest BCUT2D eigenvalue weighted by atomic mass is 10.2. The molecule has 0 spiro atoms. The third-order valence-corrected chi connectivity index (χ3v) is 1.63. The van der Waals surface area contributed by atoms with Crippen LogP contribution < -0.4 is 11.1 Å². The number of hydrogen-bond donors (Lipinski definition) is 2. The van der Waals surface area contributed by atoms with E-state index >= 15 is 0 Å². The molecule has 0 aromatic rings. The monoisotopic (exact) mass is 188 g/mol. The van der Waals surface area contributed by atoms with Crippen LogP contribution in [0.5, 0.6) is 0 Å². The molecule has 1 unspecified atom stereocenters. The van der Waals surface area contributed by atoms with Gasteiger partial charge in [-0.1, -0.05) is 13.8 Å². The van der Waals surface area contributed by atoms with E-state index in [1.54, 1.807) is 0 Å². The van der Waals surface area contributed by atoms with Gasteiger partial charge in [0.15, 0.2) is 0 Å². The van der Waals surface area contributed by atoms with E-state index in [0.717, 1.165) is 6.42 Å². The van der Waals surface area contributed by atoms with Crippen molar-refractivity contribution in [2.24, 2.45) is 11.7 Å². The highest BCUT2D eigenvalue weighted by Gasteiger charge is 2.03. The molecular formula is C9H20N2O2. The Hall–Kier alpha value is -0.610. The summed E-state index contributed by atoms with van der Waals surface area (Å²) in [6.07, 6.45) is 0.937. The van der Waals surface area contributed by atoms with E-state index in [1.165, 1.54) is 0 Å². The van der Waals surface area contributed by atoms with Gasteiger partial charge in [0.1, 0.15) is 6.61 Å². The minimum atomic E-state index is -0.0613. The van der Waals surface area contributed by atoms with Crippen LogP contribution in [0.1, 0.15) is 20.3 Å². The van der Waals surface area contributed by atoms with Crippen LogP contribution in [0.25, 0.3) is 0 Å². The zero-order valence-electron chi connectivity index (χ0n) is 8.51. The van der Waals surface area contributed by atoms with Gasteiger partial charge in [-0.25, -0.2) is 0 Å². The largest absolute Gasteiger partial charge is 0.372 e. The number of nitrogens with one attached hydrogen (secondary N) is 1. The molecular weight excluding hydrogens is 168 g/mol. The Morgan fingerprint density at radius 2 is 2.31 bits per heavy atom. The zero-order chi connectivity index (χ0) is 10.1. The predicted molar refractivity (Wildman–Crippen MR) is 52.3 cm³/mol. The lowest BCUT2D eigenvalue weighted by Crippen LogP contribution is -2.33. The number of rotatable bonds is 7. The molecule has 0 aliphatic heterocycles. The van der Waals surface area contributed by atoms with Crippen molar-refractivity contribution in [1.82, 2.24) is 5.32 Å². The summed E-state index contributed by atoms with van der Waals surface area (Å²) < 4.78 is 5.07. The molecule has 0 aliphatic rings. The number of hydrogen-bond acceptors (Lipinski definition) is 3. The standard InChI is InChI=1S/C9H20N2O2/c1-3-4-13-7-9(12)11-6-8(2)5-10/h8H,3-7,10H2,1-2H3,(H,11,12). The SMILES string of the molecule is CCCOCC(=O)NCC(C)CN. The van der Waals surface area contributed by atoms with Gasteiger partial charge in [0, 0.05) is 13.2 Å². The maximum Gasteiger partial charge on any atom is 0.246 e. The van der Waals surface area contributed by atoms with Crippen molar-refractivity contribution >= 4 is 5.91 Å².